The number of rotatable bonds is 3. The highest BCUT2D eigenvalue weighted by Gasteiger charge is 2.09. The number of benzene rings is 3. The molecule has 0 radical (unpaired) electrons. The van der Waals surface area contributed by atoms with E-state index in [1.165, 1.54) is 33.4 Å². The van der Waals surface area contributed by atoms with Gasteiger partial charge in [-0.25, -0.2) is 0 Å². The zero-order chi connectivity index (χ0) is 17.1. The van der Waals surface area contributed by atoms with Crippen LogP contribution >= 0.6 is 15.9 Å². The molecule has 25 heavy (non-hydrogen) atoms. The fourth-order valence-electron chi connectivity index (χ4n) is 3.25. The minimum absolute atomic E-state index is 1.11. The van der Waals surface area contributed by atoms with Gasteiger partial charge < -0.3 is 0 Å². The highest BCUT2D eigenvalue weighted by Crippen LogP contribution is 2.33. The Morgan fingerprint density at radius 2 is 1.32 bits per heavy atom. The number of halogens is 1. The largest absolute Gasteiger partial charge is 0.0836 e. The van der Waals surface area contributed by atoms with Crippen LogP contribution in [0.25, 0.3) is 27.8 Å². The Hall–Kier alpha value is -2.38. The van der Waals surface area contributed by atoms with Gasteiger partial charge in [0.15, 0.2) is 0 Å². The van der Waals surface area contributed by atoms with Crippen LogP contribution in [-0.2, 0) is 0 Å². The first kappa shape index (κ1) is 16.1. The van der Waals surface area contributed by atoms with Crippen LogP contribution in [0.5, 0.6) is 0 Å². The summed E-state index contributed by atoms with van der Waals surface area (Å²) in [5.41, 5.74) is 7.59. The molecule has 0 saturated carbocycles. The lowest BCUT2D eigenvalue weighted by atomic mass is 9.91. The first-order valence-electron chi connectivity index (χ1n) is 8.63. The Morgan fingerprint density at radius 3 is 2.04 bits per heavy atom. The van der Waals surface area contributed by atoms with Crippen molar-refractivity contribution in [3.05, 3.63) is 101 Å². The van der Waals surface area contributed by atoms with Crippen LogP contribution in [0.4, 0.5) is 0 Å². The second-order valence-corrected chi connectivity index (χ2v) is 7.23. The molecule has 0 aromatic heterocycles. The van der Waals surface area contributed by atoms with Gasteiger partial charge >= 0.3 is 0 Å². The molecular formula is C24H19Br. The molecule has 0 atom stereocenters. The van der Waals surface area contributed by atoms with E-state index in [-0.39, 0.29) is 0 Å². The van der Waals surface area contributed by atoms with Crippen molar-refractivity contribution in [3.8, 4) is 22.3 Å². The summed E-state index contributed by atoms with van der Waals surface area (Å²) in [6.45, 7) is 0. The van der Waals surface area contributed by atoms with Crippen LogP contribution in [0.15, 0.2) is 95.5 Å². The summed E-state index contributed by atoms with van der Waals surface area (Å²) in [4.78, 5) is 0. The number of hydrogen-bond acceptors (Lipinski definition) is 0. The van der Waals surface area contributed by atoms with E-state index < -0.39 is 0 Å². The van der Waals surface area contributed by atoms with Crippen molar-refractivity contribution in [1.29, 1.82) is 0 Å². The van der Waals surface area contributed by atoms with E-state index in [0.29, 0.717) is 0 Å². The lowest BCUT2D eigenvalue weighted by Gasteiger charge is -2.13. The van der Waals surface area contributed by atoms with Crippen molar-refractivity contribution >= 4 is 21.5 Å². The molecule has 0 fully saturated rings. The molecule has 0 nitrogen and oxygen atoms in total. The van der Waals surface area contributed by atoms with E-state index >= 15 is 0 Å². The van der Waals surface area contributed by atoms with Crippen LogP contribution in [-0.4, -0.2) is 0 Å². The average Bonchev–Trinajstić information content (AvgIpc) is 2.69. The molecule has 122 valence electrons. The second kappa shape index (κ2) is 7.25. The summed E-state index contributed by atoms with van der Waals surface area (Å²) < 4.78 is 1.11. The van der Waals surface area contributed by atoms with Crippen LogP contribution in [0.2, 0.25) is 0 Å². The van der Waals surface area contributed by atoms with Crippen molar-refractivity contribution in [2.45, 2.75) is 12.8 Å². The van der Waals surface area contributed by atoms with Crippen LogP contribution < -0.4 is 0 Å². The highest BCUT2D eigenvalue weighted by atomic mass is 79.9. The molecule has 0 N–H and O–H groups in total. The summed E-state index contributed by atoms with van der Waals surface area (Å²) in [5, 5.41) is 0. The second-order valence-electron chi connectivity index (χ2n) is 6.31. The molecule has 1 heteroatoms. The molecule has 0 spiro atoms. The topological polar surface area (TPSA) is 0 Å². The van der Waals surface area contributed by atoms with Crippen LogP contribution in [0.1, 0.15) is 18.4 Å². The fourth-order valence-corrected chi connectivity index (χ4v) is 3.65. The normalized spacial score (nSPS) is 13.6. The highest BCUT2D eigenvalue weighted by molar-refractivity contribution is 9.10. The Labute approximate surface area is 157 Å². The predicted molar refractivity (Wildman–Crippen MR) is 111 cm³/mol. The SMILES string of the molecule is Brc1cccc(-c2cc(C3=CCCC=C3)cc(-c3ccccc3)c2)c1. The third kappa shape index (κ3) is 3.67. The Morgan fingerprint density at radius 1 is 0.600 bits per heavy atom. The maximum Gasteiger partial charge on any atom is 0.0181 e. The maximum atomic E-state index is 3.60. The molecule has 0 saturated heterocycles. The first-order valence-corrected chi connectivity index (χ1v) is 9.42. The summed E-state index contributed by atoms with van der Waals surface area (Å²) in [5.74, 6) is 0. The fraction of sp³-hybridized carbons (Fsp3) is 0.0833. The third-order valence-electron chi connectivity index (χ3n) is 4.53. The lowest BCUT2D eigenvalue weighted by Crippen LogP contribution is -1.90. The predicted octanol–water partition coefficient (Wildman–Crippen LogP) is 7.52. The van der Waals surface area contributed by atoms with Gasteiger partial charge in [0.25, 0.3) is 0 Å². The summed E-state index contributed by atoms with van der Waals surface area (Å²) in [6.07, 6.45) is 9.12. The number of hydrogen-bond donors (Lipinski definition) is 0. The van der Waals surface area contributed by atoms with Gasteiger partial charge in [0, 0.05) is 4.47 Å². The molecular weight excluding hydrogens is 368 g/mol. The Bertz CT molecular complexity index is 949. The maximum absolute atomic E-state index is 3.60. The molecule has 0 amide bonds. The van der Waals surface area contributed by atoms with Gasteiger partial charge in [-0.3, -0.25) is 0 Å². The van der Waals surface area contributed by atoms with E-state index in [4.69, 9.17) is 0 Å². The summed E-state index contributed by atoms with van der Waals surface area (Å²) in [7, 11) is 0. The van der Waals surface area contributed by atoms with Gasteiger partial charge in [-0.2, -0.15) is 0 Å². The van der Waals surface area contributed by atoms with E-state index in [2.05, 4.69) is 107 Å². The van der Waals surface area contributed by atoms with Crippen molar-refractivity contribution in [2.75, 3.05) is 0 Å². The van der Waals surface area contributed by atoms with Gasteiger partial charge in [-0.1, -0.05) is 76.6 Å². The molecule has 1 aliphatic carbocycles. The van der Waals surface area contributed by atoms with Crippen molar-refractivity contribution < 1.29 is 0 Å². The third-order valence-corrected chi connectivity index (χ3v) is 5.02. The van der Waals surface area contributed by atoms with E-state index in [1.807, 2.05) is 0 Å². The first-order chi connectivity index (χ1) is 12.3. The van der Waals surface area contributed by atoms with Gasteiger partial charge in [-0.15, -0.1) is 0 Å². The summed E-state index contributed by atoms with van der Waals surface area (Å²) >= 11 is 3.60. The van der Waals surface area contributed by atoms with Crippen molar-refractivity contribution in [2.24, 2.45) is 0 Å². The molecule has 0 unspecified atom stereocenters. The molecule has 3 aromatic carbocycles. The van der Waals surface area contributed by atoms with Gasteiger partial charge in [0.1, 0.15) is 0 Å². The van der Waals surface area contributed by atoms with Gasteiger partial charge in [0.05, 0.1) is 0 Å². The zero-order valence-electron chi connectivity index (χ0n) is 14.0. The molecule has 4 rings (SSSR count). The van der Waals surface area contributed by atoms with Gasteiger partial charge in [-0.05, 0) is 76.6 Å². The minimum atomic E-state index is 1.11. The monoisotopic (exact) mass is 386 g/mol. The smallest absolute Gasteiger partial charge is 0.0181 e. The lowest BCUT2D eigenvalue weighted by molar-refractivity contribution is 1.04. The quantitative estimate of drug-likeness (QED) is 0.436. The Kier molecular flexibility index (Phi) is 4.67. The standard InChI is InChI=1S/C24H19Br/c25-24-13-7-12-20(17-24)23-15-21(18-8-3-1-4-9-18)14-22(16-23)19-10-5-2-6-11-19/h1,3-5,7-17H,2,6H2. The summed E-state index contributed by atoms with van der Waals surface area (Å²) in [6, 6.07) is 26.0. The Balaban J connectivity index is 1.89. The van der Waals surface area contributed by atoms with Crippen LogP contribution in [0.3, 0.4) is 0 Å². The van der Waals surface area contributed by atoms with E-state index in [9.17, 15) is 0 Å². The molecule has 1 aliphatic rings. The van der Waals surface area contributed by atoms with Crippen molar-refractivity contribution in [3.63, 3.8) is 0 Å². The average molecular weight is 387 g/mol. The van der Waals surface area contributed by atoms with E-state index in [0.717, 1.165) is 17.3 Å². The minimum Gasteiger partial charge on any atom is -0.0836 e. The van der Waals surface area contributed by atoms with Crippen molar-refractivity contribution in [1.82, 2.24) is 0 Å². The van der Waals surface area contributed by atoms with Gasteiger partial charge in [0.2, 0.25) is 0 Å². The molecule has 0 bridgehead atoms. The van der Waals surface area contributed by atoms with Crippen LogP contribution in [0, 0.1) is 0 Å². The van der Waals surface area contributed by atoms with E-state index in [1.54, 1.807) is 0 Å². The molecule has 0 aliphatic heterocycles. The number of allylic oxidation sites excluding steroid dienone is 4. The molecule has 3 aromatic rings. The zero-order valence-corrected chi connectivity index (χ0v) is 15.5. The molecule has 0 heterocycles.